The lowest BCUT2D eigenvalue weighted by Crippen LogP contribution is -2.16. The molecule has 0 aliphatic rings. The Bertz CT molecular complexity index is 641. The highest BCUT2D eigenvalue weighted by Crippen LogP contribution is 2.19. The van der Waals surface area contributed by atoms with Crippen LogP contribution in [-0.4, -0.2) is 16.7 Å². The number of nitrogens with one attached hydrogen (secondary N) is 1. The molecular formula is C14H11BrN2O2. The Labute approximate surface area is 119 Å². The van der Waals surface area contributed by atoms with Crippen LogP contribution in [0.1, 0.15) is 27.8 Å². The fraction of sp³-hybridized carbons (Fsp3) is 0.0714. The van der Waals surface area contributed by atoms with Crippen molar-refractivity contribution in [1.29, 1.82) is 0 Å². The molecule has 0 saturated carbocycles. The molecule has 5 heteroatoms. The molecular weight excluding hydrogens is 308 g/mol. The van der Waals surface area contributed by atoms with Gasteiger partial charge in [0.1, 0.15) is 5.69 Å². The molecule has 0 fully saturated rings. The summed E-state index contributed by atoms with van der Waals surface area (Å²) in [6.07, 6.45) is 1.54. The molecule has 0 atom stereocenters. The highest BCUT2D eigenvalue weighted by Gasteiger charge is 2.14. The molecule has 1 aromatic carbocycles. The van der Waals surface area contributed by atoms with Crippen LogP contribution >= 0.6 is 15.9 Å². The van der Waals surface area contributed by atoms with Gasteiger partial charge in [-0.25, -0.2) is 4.98 Å². The molecule has 0 aliphatic heterocycles. The summed E-state index contributed by atoms with van der Waals surface area (Å²) in [7, 11) is 0. The van der Waals surface area contributed by atoms with Gasteiger partial charge in [-0.05, 0) is 47.1 Å². The fourth-order valence-corrected chi connectivity index (χ4v) is 2.07. The average Bonchev–Trinajstić information content (AvgIpc) is 2.39. The zero-order valence-electron chi connectivity index (χ0n) is 10.2. The van der Waals surface area contributed by atoms with E-state index in [4.69, 9.17) is 0 Å². The van der Waals surface area contributed by atoms with E-state index < -0.39 is 0 Å². The van der Waals surface area contributed by atoms with Crippen molar-refractivity contribution in [1.82, 2.24) is 4.98 Å². The van der Waals surface area contributed by atoms with Crippen molar-refractivity contribution in [3.8, 4) is 0 Å². The number of rotatable bonds is 3. The Morgan fingerprint density at radius 2 is 1.89 bits per heavy atom. The summed E-state index contributed by atoms with van der Waals surface area (Å²) in [5.74, 6) is -0.461. The summed E-state index contributed by atoms with van der Waals surface area (Å²) < 4.78 is 0.604. The third-order valence-electron chi connectivity index (χ3n) is 2.53. The van der Waals surface area contributed by atoms with Gasteiger partial charge < -0.3 is 5.32 Å². The molecule has 0 unspecified atom stereocenters. The van der Waals surface area contributed by atoms with Crippen molar-refractivity contribution in [2.75, 3.05) is 5.32 Å². The smallest absolute Gasteiger partial charge is 0.275 e. The van der Waals surface area contributed by atoms with E-state index in [1.165, 1.54) is 13.1 Å². The summed E-state index contributed by atoms with van der Waals surface area (Å²) in [4.78, 5) is 27.6. The summed E-state index contributed by atoms with van der Waals surface area (Å²) in [5.41, 5.74) is 1.24. The number of nitrogens with zero attached hydrogens (tertiary/aromatic N) is 1. The number of carbonyl (C=O) groups is 2. The van der Waals surface area contributed by atoms with E-state index in [0.717, 1.165) is 0 Å². The molecule has 0 saturated heterocycles. The van der Waals surface area contributed by atoms with Crippen LogP contribution < -0.4 is 5.32 Å². The van der Waals surface area contributed by atoms with Gasteiger partial charge in [0.25, 0.3) is 5.91 Å². The average molecular weight is 319 g/mol. The lowest BCUT2D eigenvalue weighted by Gasteiger charge is -2.09. The number of pyridine rings is 1. The van der Waals surface area contributed by atoms with Crippen LogP contribution in [0.25, 0.3) is 0 Å². The van der Waals surface area contributed by atoms with Crippen molar-refractivity contribution in [2.45, 2.75) is 6.92 Å². The zero-order valence-corrected chi connectivity index (χ0v) is 11.8. The summed E-state index contributed by atoms with van der Waals surface area (Å²) in [5, 5.41) is 2.70. The Balaban J connectivity index is 2.30. The second-order valence-corrected chi connectivity index (χ2v) is 4.74. The highest BCUT2D eigenvalue weighted by molar-refractivity contribution is 9.10. The molecule has 2 aromatic rings. The van der Waals surface area contributed by atoms with Gasteiger partial charge in [-0.2, -0.15) is 0 Å². The predicted octanol–water partition coefficient (Wildman–Crippen LogP) is 3.30. The van der Waals surface area contributed by atoms with E-state index in [2.05, 4.69) is 26.2 Å². The number of carbonyl (C=O) groups excluding carboxylic acids is 2. The Morgan fingerprint density at radius 3 is 2.58 bits per heavy atom. The van der Waals surface area contributed by atoms with Crippen LogP contribution in [0, 0.1) is 0 Å². The minimum atomic E-state index is -0.360. The molecule has 0 radical (unpaired) electrons. The van der Waals surface area contributed by atoms with E-state index >= 15 is 0 Å². The minimum absolute atomic E-state index is 0.101. The number of ketones is 1. The second kappa shape index (κ2) is 5.75. The lowest BCUT2D eigenvalue weighted by atomic mass is 10.1. The number of anilines is 1. The van der Waals surface area contributed by atoms with E-state index in [-0.39, 0.29) is 17.4 Å². The monoisotopic (exact) mass is 318 g/mol. The Kier molecular flexibility index (Phi) is 4.06. The third-order valence-corrected chi connectivity index (χ3v) is 3.17. The summed E-state index contributed by atoms with van der Waals surface area (Å²) in [6.45, 7) is 1.46. The third kappa shape index (κ3) is 3.06. The molecule has 96 valence electrons. The van der Waals surface area contributed by atoms with Crippen molar-refractivity contribution >= 4 is 33.3 Å². The number of Topliss-reactive ketones (excluding diaryl/α,β-unsaturated/α-hetero) is 1. The van der Waals surface area contributed by atoms with Gasteiger partial charge in [0, 0.05) is 16.2 Å². The number of aromatic nitrogens is 1. The molecule has 4 nitrogen and oxygen atoms in total. The van der Waals surface area contributed by atoms with Gasteiger partial charge in [-0.15, -0.1) is 0 Å². The maximum atomic E-state index is 12.1. The Hall–Kier alpha value is -2.01. The van der Waals surface area contributed by atoms with Gasteiger partial charge in [0.05, 0.1) is 5.69 Å². The largest absolute Gasteiger partial charge is 0.320 e. The quantitative estimate of drug-likeness (QED) is 0.883. The van der Waals surface area contributed by atoms with Crippen LogP contribution in [0.4, 0.5) is 5.69 Å². The number of para-hydroxylation sites is 1. The Morgan fingerprint density at radius 1 is 1.16 bits per heavy atom. The number of hydrogen-bond donors (Lipinski definition) is 1. The van der Waals surface area contributed by atoms with Crippen molar-refractivity contribution in [3.63, 3.8) is 0 Å². The maximum absolute atomic E-state index is 12.1. The normalized spacial score (nSPS) is 10.0. The molecule has 1 amide bonds. The highest BCUT2D eigenvalue weighted by atomic mass is 79.9. The number of benzene rings is 1. The van der Waals surface area contributed by atoms with Crippen LogP contribution in [-0.2, 0) is 0 Å². The van der Waals surface area contributed by atoms with Crippen molar-refractivity contribution in [3.05, 3.63) is 58.3 Å². The zero-order chi connectivity index (χ0) is 13.8. The molecule has 1 N–H and O–H groups in total. The maximum Gasteiger partial charge on any atom is 0.275 e. The van der Waals surface area contributed by atoms with Crippen LogP contribution in [0.15, 0.2) is 47.1 Å². The number of amides is 1. The SMILES string of the molecule is CC(=O)c1ccccc1NC(=O)c1ncccc1Br. The summed E-state index contributed by atoms with van der Waals surface area (Å²) in [6, 6.07) is 10.3. The fourth-order valence-electron chi connectivity index (χ4n) is 1.63. The van der Waals surface area contributed by atoms with Crippen molar-refractivity contribution in [2.24, 2.45) is 0 Å². The van der Waals surface area contributed by atoms with E-state index in [1.54, 1.807) is 36.4 Å². The molecule has 0 aliphatic carbocycles. The second-order valence-electron chi connectivity index (χ2n) is 3.89. The van der Waals surface area contributed by atoms with Crippen LogP contribution in [0.5, 0.6) is 0 Å². The van der Waals surface area contributed by atoms with Crippen LogP contribution in [0.3, 0.4) is 0 Å². The lowest BCUT2D eigenvalue weighted by molar-refractivity contribution is 0.101. The minimum Gasteiger partial charge on any atom is -0.320 e. The molecule has 0 bridgehead atoms. The predicted molar refractivity (Wildman–Crippen MR) is 76.3 cm³/mol. The first-order valence-electron chi connectivity index (χ1n) is 5.61. The van der Waals surface area contributed by atoms with Gasteiger partial charge in [0.15, 0.2) is 5.78 Å². The molecule has 1 aromatic heterocycles. The van der Waals surface area contributed by atoms with Crippen LogP contribution in [0.2, 0.25) is 0 Å². The first-order chi connectivity index (χ1) is 9.09. The van der Waals surface area contributed by atoms with Gasteiger partial charge in [0.2, 0.25) is 0 Å². The molecule has 2 rings (SSSR count). The van der Waals surface area contributed by atoms with Crippen molar-refractivity contribution < 1.29 is 9.59 Å². The van der Waals surface area contributed by atoms with E-state index in [0.29, 0.717) is 15.7 Å². The van der Waals surface area contributed by atoms with E-state index in [9.17, 15) is 9.59 Å². The van der Waals surface area contributed by atoms with E-state index in [1.807, 2.05) is 0 Å². The van der Waals surface area contributed by atoms with Gasteiger partial charge >= 0.3 is 0 Å². The molecule has 1 heterocycles. The van der Waals surface area contributed by atoms with Gasteiger partial charge in [-0.3, -0.25) is 9.59 Å². The first kappa shape index (κ1) is 13.4. The molecule has 0 spiro atoms. The molecule has 19 heavy (non-hydrogen) atoms. The first-order valence-corrected chi connectivity index (χ1v) is 6.40. The standard InChI is InChI=1S/C14H11BrN2O2/c1-9(18)10-5-2-3-7-12(10)17-14(19)13-11(15)6-4-8-16-13/h2-8H,1H3,(H,17,19). The number of halogens is 1. The number of hydrogen-bond acceptors (Lipinski definition) is 3. The topological polar surface area (TPSA) is 59.1 Å². The summed E-state index contributed by atoms with van der Waals surface area (Å²) >= 11 is 3.27. The van der Waals surface area contributed by atoms with Gasteiger partial charge in [-0.1, -0.05) is 12.1 Å².